The van der Waals surface area contributed by atoms with Gasteiger partial charge in [-0.3, -0.25) is 0 Å². The van der Waals surface area contributed by atoms with E-state index >= 15 is 0 Å². The Morgan fingerprint density at radius 2 is 1.35 bits per heavy atom. The van der Waals surface area contributed by atoms with Crippen LogP contribution in [0.4, 0.5) is 0 Å². The molecule has 5 heteroatoms. The smallest absolute Gasteiger partial charge is 0.373 e. The van der Waals surface area contributed by atoms with Gasteiger partial charge in [-0.2, -0.15) is 0 Å². The molecule has 104 valence electrons. The number of rotatable bonds is 11. The molecule has 0 rings (SSSR count). The van der Waals surface area contributed by atoms with Crippen molar-refractivity contribution in [1.82, 2.24) is 0 Å². The second kappa shape index (κ2) is 10.4. The minimum atomic E-state index is -2.45. The Kier molecular flexibility index (Phi) is 10.8. The Bertz CT molecular complexity index is 164. The summed E-state index contributed by atoms with van der Waals surface area (Å²) in [4.78, 5) is 0. The summed E-state index contributed by atoms with van der Waals surface area (Å²) in [5, 5.41) is 0.474. The fourth-order valence-electron chi connectivity index (χ4n) is 1.87. The SMILES string of the molecule is CCCPC(CC)[Si](OCC)(OCC)OCC. The van der Waals surface area contributed by atoms with Gasteiger partial charge >= 0.3 is 8.80 Å². The van der Waals surface area contributed by atoms with Crippen molar-refractivity contribution >= 4 is 17.4 Å². The van der Waals surface area contributed by atoms with Crippen molar-refractivity contribution in [2.75, 3.05) is 26.0 Å². The van der Waals surface area contributed by atoms with Crippen molar-refractivity contribution in [2.45, 2.75) is 52.7 Å². The van der Waals surface area contributed by atoms with Crippen LogP contribution in [0.2, 0.25) is 0 Å². The van der Waals surface area contributed by atoms with Crippen LogP contribution in [-0.2, 0) is 13.3 Å². The number of hydrogen-bond donors (Lipinski definition) is 0. The third-order valence-corrected chi connectivity index (χ3v) is 9.21. The molecule has 3 nitrogen and oxygen atoms in total. The van der Waals surface area contributed by atoms with Crippen molar-refractivity contribution in [3.63, 3.8) is 0 Å². The molecule has 0 N–H and O–H groups in total. The summed E-state index contributed by atoms with van der Waals surface area (Å²) in [5.41, 5.74) is 0. The average molecular weight is 280 g/mol. The van der Waals surface area contributed by atoms with Gasteiger partial charge in [-0.15, -0.1) is 8.58 Å². The van der Waals surface area contributed by atoms with Gasteiger partial charge in [0.1, 0.15) is 0 Å². The molecular weight excluding hydrogens is 251 g/mol. The molecule has 0 aromatic carbocycles. The zero-order valence-corrected chi connectivity index (χ0v) is 14.0. The first-order chi connectivity index (χ1) is 8.20. The van der Waals surface area contributed by atoms with Crippen LogP contribution in [0.25, 0.3) is 0 Å². The van der Waals surface area contributed by atoms with Crippen molar-refractivity contribution in [1.29, 1.82) is 0 Å². The van der Waals surface area contributed by atoms with Gasteiger partial charge in [0.05, 0.1) is 0 Å². The minimum absolute atomic E-state index is 0.474. The van der Waals surface area contributed by atoms with E-state index in [4.69, 9.17) is 13.3 Å². The minimum Gasteiger partial charge on any atom is -0.373 e. The van der Waals surface area contributed by atoms with E-state index in [-0.39, 0.29) is 0 Å². The summed E-state index contributed by atoms with van der Waals surface area (Å²) < 4.78 is 17.9. The summed E-state index contributed by atoms with van der Waals surface area (Å²) in [6.07, 6.45) is 3.56. The maximum atomic E-state index is 5.96. The van der Waals surface area contributed by atoms with E-state index in [9.17, 15) is 0 Å². The first kappa shape index (κ1) is 17.5. The first-order valence-corrected chi connectivity index (χ1v) is 9.94. The molecule has 0 saturated heterocycles. The highest BCUT2D eigenvalue weighted by atomic mass is 31.1. The zero-order valence-electron chi connectivity index (χ0n) is 12.0. The molecule has 0 radical (unpaired) electrons. The van der Waals surface area contributed by atoms with Crippen molar-refractivity contribution < 1.29 is 13.3 Å². The van der Waals surface area contributed by atoms with Crippen LogP contribution >= 0.6 is 8.58 Å². The van der Waals surface area contributed by atoms with Gasteiger partial charge in [0.25, 0.3) is 0 Å². The van der Waals surface area contributed by atoms with E-state index in [0.717, 1.165) is 15.0 Å². The molecule has 2 atom stereocenters. The van der Waals surface area contributed by atoms with Gasteiger partial charge in [-0.1, -0.05) is 20.3 Å². The molecule has 0 aliphatic carbocycles. The molecule has 0 saturated carbocycles. The van der Waals surface area contributed by atoms with Gasteiger partial charge in [0.15, 0.2) is 0 Å². The summed E-state index contributed by atoms with van der Waals surface area (Å²) >= 11 is 0. The van der Waals surface area contributed by atoms with Crippen molar-refractivity contribution in [3.05, 3.63) is 0 Å². The van der Waals surface area contributed by atoms with E-state index in [2.05, 4.69) is 13.8 Å². The molecule has 17 heavy (non-hydrogen) atoms. The Balaban J connectivity index is 4.76. The van der Waals surface area contributed by atoms with E-state index in [1.807, 2.05) is 20.8 Å². The molecule has 0 fully saturated rings. The van der Waals surface area contributed by atoms with E-state index < -0.39 is 8.80 Å². The Hall–Kier alpha value is 0.527. The predicted octanol–water partition coefficient (Wildman–Crippen LogP) is 3.44. The normalized spacial score (nSPS) is 14.6. The molecule has 0 amide bonds. The maximum Gasteiger partial charge on any atom is 0.508 e. The summed E-state index contributed by atoms with van der Waals surface area (Å²) in [5.74, 6) is 0. The van der Waals surface area contributed by atoms with Crippen LogP contribution in [0.5, 0.6) is 0 Å². The quantitative estimate of drug-likeness (QED) is 0.428. The molecule has 0 aromatic rings. The lowest BCUT2D eigenvalue weighted by molar-refractivity contribution is 0.0689. The van der Waals surface area contributed by atoms with Crippen molar-refractivity contribution in [3.8, 4) is 0 Å². The summed E-state index contributed by atoms with van der Waals surface area (Å²) in [6, 6.07) is 0. The van der Waals surface area contributed by atoms with Gasteiger partial charge in [0.2, 0.25) is 0 Å². The molecule has 0 aromatic heterocycles. The van der Waals surface area contributed by atoms with Crippen LogP contribution in [0.15, 0.2) is 0 Å². The van der Waals surface area contributed by atoms with E-state index in [0.29, 0.717) is 25.1 Å². The van der Waals surface area contributed by atoms with Crippen LogP contribution in [0, 0.1) is 0 Å². The second-order valence-corrected chi connectivity index (χ2v) is 8.77. The van der Waals surface area contributed by atoms with Crippen molar-refractivity contribution in [2.24, 2.45) is 0 Å². The molecular formula is C12H29O3PSi. The average Bonchev–Trinajstić information content (AvgIpc) is 2.31. The molecule has 0 bridgehead atoms. The Morgan fingerprint density at radius 1 is 0.882 bits per heavy atom. The number of hydrogen-bond acceptors (Lipinski definition) is 3. The fraction of sp³-hybridized carbons (Fsp3) is 1.00. The third-order valence-electron chi connectivity index (χ3n) is 2.51. The largest absolute Gasteiger partial charge is 0.508 e. The van der Waals surface area contributed by atoms with Crippen LogP contribution in [0.1, 0.15) is 47.5 Å². The van der Waals surface area contributed by atoms with Gasteiger partial charge in [0, 0.05) is 25.1 Å². The predicted molar refractivity (Wildman–Crippen MR) is 78.2 cm³/mol. The van der Waals surface area contributed by atoms with Gasteiger partial charge in [-0.25, -0.2) is 0 Å². The highest BCUT2D eigenvalue weighted by Crippen LogP contribution is 2.33. The lowest BCUT2D eigenvalue weighted by atomic mass is 10.6. The zero-order chi connectivity index (χ0) is 13.1. The lowest BCUT2D eigenvalue weighted by Gasteiger charge is -2.34. The molecule has 0 heterocycles. The summed E-state index contributed by atoms with van der Waals surface area (Å²) in [7, 11) is -1.56. The van der Waals surface area contributed by atoms with E-state index in [1.54, 1.807) is 0 Å². The second-order valence-electron chi connectivity index (χ2n) is 3.82. The van der Waals surface area contributed by atoms with E-state index in [1.165, 1.54) is 12.6 Å². The molecule has 0 aliphatic heterocycles. The lowest BCUT2D eigenvalue weighted by Crippen LogP contribution is -2.54. The highest BCUT2D eigenvalue weighted by Gasteiger charge is 2.47. The standard InChI is InChI=1S/C12H29O3PSi/c1-6-11-16-12(7-2)17(13-8-3,14-9-4)15-10-5/h12,16H,6-11H2,1-5H3. The highest BCUT2D eigenvalue weighted by molar-refractivity contribution is 7.42. The van der Waals surface area contributed by atoms with Crippen LogP contribution in [0.3, 0.4) is 0 Å². The van der Waals surface area contributed by atoms with Gasteiger partial charge in [-0.05, 0) is 33.4 Å². The van der Waals surface area contributed by atoms with Crippen LogP contribution in [-0.4, -0.2) is 40.1 Å². The maximum absolute atomic E-state index is 5.96. The Labute approximate surface area is 110 Å². The fourth-order valence-corrected chi connectivity index (χ4v) is 7.54. The molecule has 0 spiro atoms. The third kappa shape index (κ3) is 5.80. The molecule has 2 unspecified atom stereocenters. The molecule has 0 aliphatic rings. The Morgan fingerprint density at radius 3 is 1.65 bits per heavy atom. The first-order valence-electron chi connectivity index (χ1n) is 6.85. The summed E-state index contributed by atoms with van der Waals surface area (Å²) in [6.45, 7) is 12.6. The van der Waals surface area contributed by atoms with Crippen LogP contribution < -0.4 is 0 Å². The monoisotopic (exact) mass is 280 g/mol. The van der Waals surface area contributed by atoms with Gasteiger partial charge < -0.3 is 13.3 Å². The topological polar surface area (TPSA) is 27.7 Å².